The van der Waals surface area contributed by atoms with Crippen LogP contribution in [0.4, 0.5) is 0 Å². The summed E-state index contributed by atoms with van der Waals surface area (Å²) >= 11 is 0. The maximum absolute atomic E-state index is 4.34. The van der Waals surface area contributed by atoms with Gasteiger partial charge in [0.25, 0.3) is 0 Å². The van der Waals surface area contributed by atoms with Gasteiger partial charge in [0, 0.05) is 18.0 Å². The second-order valence-electron chi connectivity index (χ2n) is 4.46. The summed E-state index contributed by atoms with van der Waals surface area (Å²) in [5, 5.41) is 7.42. The lowest BCUT2D eigenvalue weighted by molar-refractivity contribution is 1.09. The molecule has 0 atom stereocenters. The zero-order chi connectivity index (χ0) is 13.1. The minimum Gasteiger partial charge on any atom is -0.277 e. The Morgan fingerprint density at radius 3 is 2.58 bits per heavy atom. The summed E-state index contributed by atoms with van der Waals surface area (Å²) in [7, 11) is 0. The van der Waals surface area contributed by atoms with E-state index in [4.69, 9.17) is 0 Å². The molecule has 3 nitrogen and oxygen atoms in total. The van der Waals surface area contributed by atoms with E-state index in [9.17, 15) is 0 Å². The quantitative estimate of drug-likeness (QED) is 0.769. The molecule has 19 heavy (non-hydrogen) atoms. The van der Waals surface area contributed by atoms with E-state index in [1.54, 1.807) is 6.20 Å². The number of rotatable bonds is 3. The first-order chi connectivity index (χ1) is 9.36. The van der Waals surface area contributed by atoms with Crippen LogP contribution in [0.1, 0.15) is 12.5 Å². The molecule has 3 heteroatoms. The van der Waals surface area contributed by atoms with Gasteiger partial charge in [0.2, 0.25) is 0 Å². The lowest BCUT2D eigenvalue weighted by atomic mass is 10.1. The van der Waals surface area contributed by atoms with Crippen LogP contribution in [0.5, 0.6) is 0 Å². The van der Waals surface area contributed by atoms with Crippen molar-refractivity contribution < 1.29 is 0 Å². The van der Waals surface area contributed by atoms with Gasteiger partial charge in [-0.05, 0) is 35.7 Å². The molecule has 1 aromatic carbocycles. The van der Waals surface area contributed by atoms with Crippen molar-refractivity contribution in [2.45, 2.75) is 13.3 Å². The maximum Gasteiger partial charge on any atom is 0.0942 e. The van der Waals surface area contributed by atoms with Crippen molar-refractivity contribution in [1.82, 2.24) is 15.2 Å². The minimum atomic E-state index is 0.919. The van der Waals surface area contributed by atoms with Gasteiger partial charge in [-0.3, -0.25) is 10.1 Å². The minimum absolute atomic E-state index is 0.919. The van der Waals surface area contributed by atoms with Crippen LogP contribution >= 0.6 is 0 Å². The third-order valence-electron chi connectivity index (χ3n) is 3.21. The van der Waals surface area contributed by atoms with Gasteiger partial charge < -0.3 is 0 Å². The second kappa shape index (κ2) is 5.06. The molecule has 3 rings (SSSR count). The van der Waals surface area contributed by atoms with Gasteiger partial charge in [-0.2, -0.15) is 5.10 Å². The van der Waals surface area contributed by atoms with E-state index >= 15 is 0 Å². The second-order valence-corrected chi connectivity index (χ2v) is 4.46. The van der Waals surface area contributed by atoms with Crippen LogP contribution in [-0.2, 0) is 6.42 Å². The van der Waals surface area contributed by atoms with Gasteiger partial charge in [0.05, 0.1) is 11.4 Å². The summed E-state index contributed by atoms with van der Waals surface area (Å²) in [5.74, 6) is 0. The predicted octanol–water partition coefficient (Wildman–Crippen LogP) is 3.70. The van der Waals surface area contributed by atoms with Crippen molar-refractivity contribution in [2.75, 3.05) is 0 Å². The Hall–Kier alpha value is -2.42. The number of benzene rings is 1. The SMILES string of the molecule is CCc1ccc(-c2cc(-c3cccnc3)n[nH]2)cc1. The number of nitrogens with one attached hydrogen (secondary N) is 1. The summed E-state index contributed by atoms with van der Waals surface area (Å²) in [5.41, 5.74) is 5.47. The molecular formula is C16H15N3. The Morgan fingerprint density at radius 2 is 1.89 bits per heavy atom. The van der Waals surface area contributed by atoms with Crippen molar-refractivity contribution in [3.8, 4) is 22.5 Å². The monoisotopic (exact) mass is 249 g/mol. The average Bonchev–Trinajstić information content (AvgIpc) is 2.98. The van der Waals surface area contributed by atoms with E-state index in [0.29, 0.717) is 0 Å². The van der Waals surface area contributed by atoms with Gasteiger partial charge in [0.1, 0.15) is 0 Å². The highest BCUT2D eigenvalue weighted by molar-refractivity contribution is 5.67. The third kappa shape index (κ3) is 2.40. The highest BCUT2D eigenvalue weighted by Gasteiger charge is 2.05. The Morgan fingerprint density at radius 1 is 1.05 bits per heavy atom. The molecule has 0 bridgehead atoms. The van der Waals surface area contributed by atoms with E-state index in [1.807, 2.05) is 18.3 Å². The van der Waals surface area contributed by atoms with E-state index in [2.05, 4.69) is 52.4 Å². The Kier molecular flexibility index (Phi) is 3.11. The number of hydrogen-bond acceptors (Lipinski definition) is 2. The van der Waals surface area contributed by atoms with Gasteiger partial charge in [-0.15, -0.1) is 0 Å². The molecule has 0 unspecified atom stereocenters. The van der Waals surface area contributed by atoms with Crippen LogP contribution < -0.4 is 0 Å². The molecular weight excluding hydrogens is 234 g/mol. The highest BCUT2D eigenvalue weighted by Crippen LogP contribution is 2.23. The molecule has 0 aliphatic rings. The standard InChI is InChI=1S/C16H15N3/c1-2-12-5-7-13(8-6-12)15-10-16(19-18-15)14-4-3-9-17-11-14/h3-11H,2H2,1H3,(H,18,19). The van der Waals surface area contributed by atoms with Gasteiger partial charge in [-0.1, -0.05) is 31.2 Å². The number of hydrogen-bond donors (Lipinski definition) is 1. The molecule has 0 aliphatic carbocycles. The molecule has 0 radical (unpaired) electrons. The van der Waals surface area contributed by atoms with Crippen molar-refractivity contribution in [2.24, 2.45) is 0 Å². The first-order valence-corrected chi connectivity index (χ1v) is 6.42. The lowest BCUT2D eigenvalue weighted by Crippen LogP contribution is -1.81. The van der Waals surface area contributed by atoms with Gasteiger partial charge in [0.15, 0.2) is 0 Å². The molecule has 3 aromatic rings. The van der Waals surface area contributed by atoms with Crippen LogP contribution in [0.15, 0.2) is 54.9 Å². The van der Waals surface area contributed by atoms with Crippen molar-refractivity contribution in [3.63, 3.8) is 0 Å². The van der Waals surface area contributed by atoms with Crippen LogP contribution in [0, 0.1) is 0 Å². The van der Waals surface area contributed by atoms with Gasteiger partial charge in [-0.25, -0.2) is 0 Å². The maximum atomic E-state index is 4.34. The highest BCUT2D eigenvalue weighted by atomic mass is 15.1. The van der Waals surface area contributed by atoms with Crippen LogP contribution in [0.2, 0.25) is 0 Å². The van der Waals surface area contributed by atoms with Gasteiger partial charge >= 0.3 is 0 Å². The Balaban J connectivity index is 1.92. The molecule has 0 saturated carbocycles. The number of aromatic amines is 1. The van der Waals surface area contributed by atoms with Crippen molar-refractivity contribution in [1.29, 1.82) is 0 Å². The molecule has 2 aromatic heterocycles. The third-order valence-corrected chi connectivity index (χ3v) is 3.21. The number of aryl methyl sites for hydroxylation is 1. The Bertz CT molecular complexity index is 654. The molecule has 0 spiro atoms. The van der Waals surface area contributed by atoms with Crippen LogP contribution in [-0.4, -0.2) is 15.2 Å². The first kappa shape index (κ1) is 11.7. The van der Waals surface area contributed by atoms with E-state index in [-0.39, 0.29) is 0 Å². The molecule has 1 N–H and O–H groups in total. The summed E-state index contributed by atoms with van der Waals surface area (Å²) in [4.78, 5) is 4.11. The summed E-state index contributed by atoms with van der Waals surface area (Å²) in [6.07, 6.45) is 4.64. The summed E-state index contributed by atoms with van der Waals surface area (Å²) in [6.45, 7) is 2.16. The van der Waals surface area contributed by atoms with Crippen LogP contribution in [0.3, 0.4) is 0 Å². The lowest BCUT2D eigenvalue weighted by Gasteiger charge is -1.99. The molecule has 0 saturated heterocycles. The van der Waals surface area contributed by atoms with Crippen molar-refractivity contribution >= 4 is 0 Å². The number of pyridine rings is 1. The average molecular weight is 249 g/mol. The topological polar surface area (TPSA) is 41.6 Å². The Labute approximate surface area is 112 Å². The zero-order valence-electron chi connectivity index (χ0n) is 10.8. The van der Waals surface area contributed by atoms with Crippen molar-refractivity contribution in [3.05, 3.63) is 60.4 Å². The largest absolute Gasteiger partial charge is 0.277 e. The smallest absolute Gasteiger partial charge is 0.0942 e. The molecule has 0 amide bonds. The zero-order valence-corrected chi connectivity index (χ0v) is 10.8. The fourth-order valence-electron chi connectivity index (χ4n) is 2.05. The summed E-state index contributed by atoms with van der Waals surface area (Å²) in [6, 6.07) is 14.5. The van der Waals surface area contributed by atoms with E-state index < -0.39 is 0 Å². The molecule has 94 valence electrons. The van der Waals surface area contributed by atoms with Crippen LogP contribution in [0.25, 0.3) is 22.5 Å². The number of H-pyrrole nitrogens is 1. The normalized spacial score (nSPS) is 10.6. The van der Waals surface area contributed by atoms with E-state index in [0.717, 1.165) is 28.9 Å². The molecule has 0 fully saturated rings. The molecule has 2 heterocycles. The predicted molar refractivity (Wildman–Crippen MR) is 76.6 cm³/mol. The molecule has 0 aliphatic heterocycles. The summed E-state index contributed by atoms with van der Waals surface area (Å²) < 4.78 is 0. The fraction of sp³-hybridized carbons (Fsp3) is 0.125. The number of aromatic nitrogens is 3. The fourth-order valence-corrected chi connectivity index (χ4v) is 2.05. The van der Waals surface area contributed by atoms with E-state index in [1.165, 1.54) is 5.56 Å². The number of nitrogens with zero attached hydrogens (tertiary/aromatic N) is 2. The first-order valence-electron chi connectivity index (χ1n) is 6.42.